The summed E-state index contributed by atoms with van der Waals surface area (Å²) in [5.41, 5.74) is 0.727. The van der Waals surface area contributed by atoms with Crippen LogP contribution < -0.4 is 5.32 Å². The number of ether oxygens (including phenoxy) is 2. The SMILES string of the molecule is CN(C(=O)CCc1cccc(F)c1F)[C@@H](CCC(=O)N1CCN(C(=O)OC(C)(C)C)CC1)COC(=O)Nc1cc(-c2ccccc2)no1. The molecule has 0 saturated carbocycles. The van der Waals surface area contributed by atoms with Crippen molar-refractivity contribution in [1.82, 2.24) is 19.9 Å². The number of rotatable bonds is 11. The van der Waals surface area contributed by atoms with E-state index in [9.17, 15) is 28.0 Å². The molecule has 1 N–H and O–H groups in total. The lowest BCUT2D eigenvalue weighted by molar-refractivity contribution is -0.136. The minimum absolute atomic E-state index is 0.0285. The number of carbonyl (C=O) groups is 4. The molecule has 0 aliphatic carbocycles. The number of hydrogen-bond donors (Lipinski definition) is 1. The van der Waals surface area contributed by atoms with Gasteiger partial charge in [-0.25, -0.2) is 18.4 Å². The molecule has 0 radical (unpaired) electrons. The molecule has 1 saturated heterocycles. The molecule has 258 valence electrons. The lowest BCUT2D eigenvalue weighted by Crippen LogP contribution is -2.51. The number of piperazine rings is 1. The van der Waals surface area contributed by atoms with Gasteiger partial charge in [-0.15, -0.1) is 0 Å². The van der Waals surface area contributed by atoms with Crippen molar-refractivity contribution in [2.45, 2.75) is 58.1 Å². The summed E-state index contributed by atoms with van der Waals surface area (Å²) in [6.07, 6.45) is -1.30. The number of likely N-dealkylation sites (N-methyl/N-ethyl adjacent to an activating group) is 1. The van der Waals surface area contributed by atoms with Crippen molar-refractivity contribution in [3.63, 3.8) is 0 Å². The molecule has 1 aromatic heterocycles. The Morgan fingerprint density at radius 3 is 2.35 bits per heavy atom. The predicted octanol–water partition coefficient (Wildman–Crippen LogP) is 5.49. The van der Waals surface area contributed by atoms with Gasteiger partial charge in [0.05, 0.1) is 6.04 Å². The normalized spacial score (nSPS) is 13.9. The number of nitrogens with zero attached hydrogens (tertiary/aromatic N) is 4. The quantitative estimate of drug-likeness (QED) is 0.284. The van der Waals surface area contributed by atoms with E-state index in [1.54, 1.807) is 30.6 Å². The molecule has 4 rings (SSSR count). The van der Waals surface area contributed by atoms with E-state index in [4.69, 9.17) is 14.0 Å². The first-order chi connectivity index (χ1) is 22.8. The van der Waals surface area contributed by atoms with Crippen LogP contribution in [-0.4, -0.2) is 95.3 Å². The summed E-state index contributed by atoms with van der Waals surface area (Å²) in [5, 5.41) is 6.42. The monoisotopic (exact) mass is 669 g/mol. The van der Waals surface area contributed by atoms with Crippen LogP contribution >= 0.6 is 0 Å². The molecule has 3 aromatic rings. The molecule has 48 heavy (non-hydrogen) atoms. The second kappa shape index (κ2) is 16.2. The second-order valence-electron chi connectivity index (χ2n) is 12.4. The van der Waals surface area contributed by atoms with E-state index in [0.717, 1.165) is 11.6 Å². The van der Waals surface area contributed by atoms with Gasteiger partial charge in [0.1, 0.15) is 17.9 Å². The summed E-state index contributed by atoms with van der Waals surface area (Å²) in [6.45, 7) is 6.35. The Hall–Kier alpha value is -5.01. The van der Waals surface area contributed by atoms with Crippen molar-refractivity contribution in [2.24, 2.45) is 0 Å². The van der Waals surface area contributed by atoms with E-state index >= 15 is 0 Å². The molecule has 2 aromatic carbocycles. The molecular weight excluding hydrogens is 628 g/mol. The zero-order chi connectivity index (χ0) is 34.8. The maximum absolute atomic E-state index is 14.2. The van der Waals surface area contributed by atoms with Crippen LogP contribution in [0.1, 0.15) is 45.6 Å². The van der Waals surface area contributed by atoms with Gasteiger partial charge in [-0.1, -0.05) is 47.6 Å². The molecule has 1 atom stereocenters. The van der Waals surface area contributed by atoms with Gasteiger partial charge >= 0.3 is 12.2 Å². The van der Waals surface area contributed by atoms with Gasteiger partial charge in [-0.3, -0.25) is 14.9 Å². The first kappa shape index (κ1) is 35.8. The average molecular weight is 670 g/mol. The van der Waals surface area contributed by atoms with Crippen LogP contribution in [0, 0.1) is 11.6 Å². The standard InChI is InChI=1S/C34H41F2N5O7/c1-34(2,3)47-33(45)41-19-17-40(18-20-41)30(43)16-14-25(39(4)29(42)15-13-24-11-8-12-26(35)31(24)36)22-46-32(44)37-28-21-27(38-48-28)23-9-6-5-7-10-23/h5-12,21,25H,13-20,22H2,1-4H3,(H,37,44)/t25-/m0/s1. The third-order valence-electron chi connectivity index (χ3n) is 7.77. The van der Waals surface area contributed by atoms with Gasteiger partial charge in [-0.2, -0.15) is 0 Å². The Morgan fingerprint density at radius 1 is 0.979 bits per heavy atom. The number of carbonyl (C=O) groups excluding carboxylic acids is 4. The summed E-state index contributed by atoms with van der Waals surface area (Å²) >= 11 is 0. The molecule has 1 aliphatic heterocycles. The molecule has 4 amide bonds. The maximum atomic E-state index is 14.2. The van der Waals surface area contributed by atoms with Crippen LogP contribution in [0.4, 0.5) is 24.3 Å². The molecule has 14 heteroatoms. The third-order valence-corrected chi connectivity index (χ3v) is 7.77. The highest BCUT2D eigenvalue weighted by Gasteiger charge is 2.29. The fourth-order valence-corrected chi connectivity index (χ4v) is 5.05. The van der Waals surface area contributed by atoms with Gasteiger partial charge in [0.25, 0.3) is 0 Å². The van der Waals surface area contributed by atoms with E-state index in [1.807, 2.05) is 30.3 Å². The number of nitrogens with one attached hydrogen (secondary N) is 1. The number of halogens is 2. The topological polar surface area (TPSA) is 135 Å². The van der Waals surface area contributed by atoms with Crippen LogP contribution in [0.25, 0.3) is 11.3 Å². The molecule has 12 nitrogen and oxygen atoms in total. The van der Waals surface area contributed by atoms with E-state index in [1.165, 1.54) is 30.1 Å². The summed E-state index contributed by atoms with van der Waals surface area (Å²) in [7, 11) is 1.50. The van der Waals surface area contributed by atoms with Crippen LogP contribution in [0.2, 0.25) is 0 Å². The molecule has 1 aliphatic rings. The zero-order valence-electron chi connectivity index (χ0n) is 27.5. The summed E-state index contributed by atoms with van der Waals surface area (Å²) < 4.78 is 43.9. The molecule has 1 fully saturated rings. The van der Waals surface area contributed by atoms with Crippen molar-refractivity contribution < 1.29 is 42.0 Å². The predicted molar refractivity (Wildman–Crippen MR) is 172 cm³/mol. The zero-order valence-corrected chi connectivity index (χ0v) is 27.5. The van der Waals surface area contributed by atoms with Gasteiger partial charge in [0, 0.05) is 57.7 Å². The number of hydrogen-bond acceptors (Lipinski definition) is 8. The number of aryl methyl sites for hydroxylation is 1. The second-order valence-corrected chi connectivity index (χ2v) is 12.4. The molecule has 0 spiro atoms. The van der Waals surface area contributed by atoms with Crippen molar-refractivity contribution in [2.75, 3.05) is 45.2 Å². The first-order valence-corrected chi connectivity index (χ1v) is 15.7. The largest absolute Gasteiger partial charge is 0.447 e. The number of benzene rings is 2. The average Bonchev–Trinajstić information content (AvgIpc) is 3.53. The fraction of sp³-hybridized carbons (Fsp3) is 0.441. The van der Waals surface area contributed by atoms with Gasteiger partial charge < -0.3 is 28.7 Å². The molecular formula is C34H41F2N5O7. The van der Waals surface area contributed by atoms with E-state index < -0.39 is 41.4 Å². The van der Waals surface area contributed by atoms with Crippen molar-refractivity contribution in [3.8, 4) is 11.3 Å². The highest BCUT2D eigenvalue weighted by Crippen LogP contribution is 2.22. The van der Waals surface area contributed by atoms with Crippen LogP contribution in [0.3, 0.4) is 0 Å². The lowest BCUT2D eigenvalue weighted by Gasteiger charge is -2.36. The highest BCUT2D eigenvalue weighted by molar-refractivity contribution is 5.84. The minimum atomic E-state index is -1.01. The van der Waals surface area contributed by atoms with E-state index in [-0.39, 0.29) is 49.6 Å². The Kier molecular flexibility index (Phi) is 12.1. The smallest absolute Gasteiger partial charge is 0.414 e. The summed E-state index contributed by atoms with van der Waals surface area (Å²) in [5.74, 6) is -2.55. The fourth-order valence-electron chi connectivity index (χ4n) is 5.05. The Morgan fingerprint density at radius 2 is 1.67 bits per heavy atom. The third kappa shape index (κ3) is 10.2. The van der Waals surface area contributed by atoms with Gasteiger partial charge in [0.15, 0.2) is 11.6 Å². The molecule has 0 bridgehead atoms. The Balaban J connectivity index is 1.35. The number of amides is 4. The first-order valence-electron chi connectivity index (χ1n) is 15.7. The molecule has 0 unspecified atom stereocenters. The highest BCUT2D eigenvalue weighted by atomic mass is 19.2. The van der Waals surface area contributed by atoms with E-state index in [0.29, 0.717) is 31.9 Å². The molecule has 2 heterocycles. The van der Waals surface area contributed by atoms with Crippen LogP contribution in [0.15, 0.2) is 59.1 Å². The van der Waals surface area contributed by atoms with Gasteiger partial charge in [-0.05, 0) is 45.2 Å². The summed E-state index contributed by atoms with van der Waals surface area (Å²) in [6, 6.07) is 13.8. The number of aromatic nitrogens is 1. The maximum Gasteiger partial charge on any atom is 0.414 e. The summed E-state index contributed by atoms with van der Waals surface area (Å²) in [4.78, 5) is 55.9. The number of anilines is 1. The van der Waals surface area contributed by atoms with Crippen LogP contribution in [-0.2, 0) is 25.5 Å². The van der Waals surface area contributed by atoms with Crippen molar-refractivity contribution >= 4 is 29.9 Å². The van der Waals surface area contributed by atoms with E-state index in [2.05, 4.69) is 10.5 Å². The lowest BCUT2D eigenvalue weighted by atomic mass is 10.1. The van der Waals surface area contributed by atoms with Gasteiger partial charge in [0.2, 0.25) is 17.7 Å². The van der Waals surface area contributed by atoms with Crippen LogP contribution in [0.5, 0.6) is 0 Å². The Bertz CT molecular complexity index is 1570. The minimum Gasteiger partial charge on any atom is -0.447 e. The Labute approximate surface area is 277 Å². The van der Waals surface area contributed by atoms with Crippen molar-refractivity contribution in [1.29, 1.82) is 0 Å². The van der Waals surface area contributed by atoms with Crippen molar-refractivity contribution in [3.05, 3.63) is 71.8 Å².